The Kier molecular flexibility index (Phi) is 6.34. The lowest BCUT2D eigenvalue weighted by molar-refractivity contribution is -0.154. The minimum absolute atomic E-state index is 0.0499. The standard InChI is InChI=1S/C16H24N2O3/c1-4-16(5-2,15(20)21)11-14(19)18(6-3)12-13-7-9-17-10-8-13/h7-10H,4-6,11-12H2,1-3H3,(H,20,21). The SMILES string of the molecule is CCN(Cc1ccncc1)C(=O)CC(CC)(CC)C(=O)O. The molecule has 0 aromatic carbocycles. The van der Waals surface area contributed by atoms with E-state index in [9.17, 15) is 14.7 Å². The minimum Gasteiger partial charge on any atom is -0.481 e. The molecule has 0 saturated heterocycles. The van der Waals surface area contributed by atoms with E-state index in [4.69, 9.17) is 0 Å². The lowest BCUT2D eigenvalue weighted by atomic mass is 9.79. The Hall–Kier alpha value is -1.91. The molecular weight excluding hydrogens is 268 g/mol. The van der Waals surface area contributed by atoms with Crippen molar-refractivity contribution in [1.29, 1.82) is 0 Å². The van der Waals surface area contributed by atoms with Gasteiger partial charge in [-0.2, -0.15) is 0 Å². The number of carbonyl (C=O) groups excluding carboxylic acids is 1. The summed E-state index contributed by atoms with van der Waals surface area (Å²) in [5.41, 5.74) is 0.0389. The summed E-state index contributed by atoms with van der Waals surface area (Å²) < 4.78 is 0. The maximum atomic E-state index is 12.5. The summed E-state index contributed by atoms with van der Waals surface area (Å²) in [7, 11) is 0. The molecular formula is C16H24N2O3. The third kappa shape index (κ3) is 4.28. The second-order valence-electron chi connectivity index (χ2n) is 5.23. The van der Waals surface area contributed by atoms with Gasteiger partial charge in [0.05, 0.1) is 5.41 Å². The van der Waals surface area contributed by atoms with Crippen LogP contribution in [0.5, 0.6) is 0 Å². The molecule has 1 rings (SSSR count). The van der Waals surface area contributed by atoms with Crippen LogP contribution in [-0.2, 0) is 16.1 Å². The summed E-state index contributed by atoms with van der Waals surface area (Å²) in [6, 6.07) is 3.72. The zero-order valence-corrected chi connectivity index (χ0v) is 13.0. The molecule has 116 valence electrons. The number of pyridine rings is 1. The van der Waals surface area contributed by atoms with Crippen molar-refractivity contribution in [1.82, 2.24) is 9.88 Å². The van der Waals surface area contributed by atoms with Crippen LogP contribution >= 0.6 is 0 Å². The van der Waals surface area contributed by atoms with Crippen molar-refractivity contribution in [3.63, 3.8) is 0 Å². The van der Waals surface area contributed by atoms with Gasteiger partial charge >= 0.3 is 5.97 Å². The van der Waals surface area contributed by atoms with Crippen LogP contribution in [0, 0.1) is 5.41 Å². The third-order valence-electron chi connectivity index (χ3n) is 4.15. The number of hydrogen-bond donors (Lipinski definition) is 1. The molecule has 0 radical (unpaired) electrons. The van der Waals surface area contributed by atoms with Gasteiger partial charge in [0.15, 0.2) is 0 Å². The summed E-state index contributed by atoms with van der Waals surface area (Å²) in [6.07, 6.45) is 4.34. The second-order valence-corrected chi connectivity index (χ2v) is 5.23. The van der Waals surface area contributed by atoms with Crippen LogP contribution in [0.4, 0.5) is 0 Å². The van der Waals surface area contributed by atoms with Gasteiger partial charge in [0, 0.05) is 31.9 Å². The molecule has 0 aliphatic heterocycles. The molecule has 1 amide bonds. The van der Waals surface area contributed by atoms with Gasteiger partial charge in [0.2, 0.25) is 5.91 Å². The van der Waals surface area contributed by atoms with E-state index < -0.39 is 11.4 Å². The van der Waals surface area contributed by atoms with E-state index in [1.807, 2.05) is 32.9 Å². The lowest BCUT2D eigenvalue weighted by Crippen LogP contribution is -2.39. The van der Waals surface area contributed by atoms with E-state index in [0.29, 0.717) is 25.9 Å². The number of carboxylic acids is 1. The quantitative estimate of drug-likeness (QED) is 0.799. The largest absolute Gasteiger partial charge is 0.481 e. The summed E-state index contributed by atoms with van der Waals surface area (Å²) in [5, 5.41) is 9.44. The topological polar surface area (TPSA) is 70.5 Å². The van der Waals surface area contributed by atoms with Gasteiger partial charge in [0.25, 0.3) is 0 Å². The van der Waals surface area contributed by atoms with Crippen molar-refractivity contribution >= 4 is 11.9 Å². The highest BCUT2D eigenvalue weighted by Gasteiger charge is 2.38. The number of carbonyl (C=O) groups is 2. The molecule has 1 aromatic heterocycles. The Morgan fingerprint density at radius 2 is 1.76 bits per heavy atom. The van der Waals surface area contributed by atoms with Crippen LogP contribution in [-0.4, -0.2) is 33.4 Å². The molecule has 0 spiro atoms. The Bertz CT molecular complexity index is 470. The van der Waals surface area contributed by atoms with Gasteiger partial charge in [-0.05, 0) is 37.5 Å². The van der Waals surface area contributed by atoms with E-state index >= 15 is 0 Å². The molecule has 1 heterocycles. The molecule has 5 nitrogen and oxygen atoms in total. The Morgan fingerprint density at radius 1 is 1.19 bits per heavy atom. The highest BCUT2D eigenvalue weighted by molar-refractivity contribution is 5.85. The molecule has 0 unspecified atom stereocenters. The smallest absolute Gasteiger partial charge is 0.310 e. The summed E-state index contributed by atoms with van der Waals surface area (Å²) >= 11 is 0. The predicted molar refractivity (Wildman–Crippen MR) is 80.6 cm³/mol. The molecule has 0 aliphatic carbocycles. The van der Waals surface area contributed by atoms with Gasteiger partial charge in [-0.25, -0.2) is 0 Å². The van der Waals surface area contributed by atoms with Crippen LogP contribution in [0.25, 0.3) is 0 Å². The fourth-order valence-electron chi connectivity index (χ4n) is 2.36. The highest BCUT2D eigenvalue weighted by atomic mass is 16.4. The van der Waals surface area contributed by atoms with Crippen molar-refractivity contribution in [3.05, 3.63) is 30.1 Å². The fraction of sp³-hybridized carbons (Fsp3) is 0.562. The highest BCUT2D eigenvalue weighted by Crippen LogP contribution is 2.31. The van der Waals surface area contributed by atoms with Gasteiger partial charge < -0.3 is 10.0 Å². The summed E-state index contributed by atoms with van der Waals surface area (Å²) in [5.74, 6) is -0.999. The van der Waals surface area contributed by atoms with Gasteiger partial charge in [-0.1, -0.05) is 13.8 Å². The lowest BCUT2D eigenvalue weighted by Gasteiger charge is -2.29. The summed E-state index contributed by atoms with van der Waals surface area (Å²) in [4.78, 5) is 29.6. The van der Waals surface area contributed by atoms with Crippen molar-refractivity contribution < 1.29 is 14.7 Å². The number of carboxylic acid groups (broad SMARTS) is 1. The number of aromatic nitrogens is 1. The molecule has 0 aliphatic rings. The first kappa shape index (κ1) is 17.1. The first-order valence-electron chi connectivity index (χ1n) is 7.39. The maximum absolute atomic E-state index is 12.5. The van der Waals surface area contributed by atoms with E-state index in [2.05, 4.69) is 4.98 Å². The first-order chi connectivity index (χ1) is 9.99. The fourth-order valence-corrected chi connectivity index (χ4v) is 2.36. The molecule has 1 aromatic rings. The number of rotatable bonds is 8. The monoisotopic (exact) mass is 292 g/mol. The van der Waals surface area contributed by atoms with Crippen molar-refractivity contribution in [2.24, 2.45) is 5.41 Å². The van der Waals surface area contributed by atoms with Crippen LogP contribution in [0.15, 0.2) is 24.5 Å². The Morgan fingerprint density at radius 3 is 2.19 bits per heavy atom. The minimum atomic E-state index is -0.956. The predicted octanol–water partition coefficient (Wildman–Crippen LogP) is 2.71. The van der Waals surface area contributed by atoms with E-state index in [1.165, 1.54) is 0 Å². The molecule has 0 bridgehead atoms. The average Bonchev–Trinajstić information content (AvgIpc) is 2.50. The molecule has 21 heavy (non-hydrogen) atoms. The Labute approximate surface area is 126 Å². The van der Waals surface area contributed by atoms with Crippen LogP contribution in [0.3, 0.4) is 0 Å². The first-order valence-corrected chi connectivity index (χ1v) is 7.39. The zero-order valence-electron chi connectivity index (χ0n) is 13.0. The van der Waals surface area contributed by atoms with Crippen LogP contribution in [0.2, 0.25) is 0 Å². The number of aliphatic carboxylic acids is 1. The second kappa shape index (κ2) is 7.76. The van der Waals surface area contributed by atoms with Gasteiger partial charge in [-0.3, -0.25) is 14.6 Å². The van der Waals surface area contributed by atoms with Crippen LogP contribution < -0.4 is 0 Å². The zero-order chi connectivity index (χ0) is 15.9. The van der Waals surface area contributed by atoms with Crippen molar-refractivity contribution in [2.45, 2.75) is 46.6 Å². The number of hydrogen-bond acceptors (Lipinski definition) is 3. The molecule has 0 fully saturated rings. The van der Waals surface area contributed by atoms with Gasteiger partial charge in [-0.15, -0.1) is 0 Å². The van der Waals surface area contributed by atoms with Crippen LogP contribution in [0.1, 0.15) is 45.6 Å². The maximum Gasteiger partial charge on any atom is 0.310 e. The van der Waals surface area contributed by atoms with E-state index in [-0.39, 0.29) is 12.3 Å². The van der Waals surface area contributed by atoms with Crippen molar-refractivity contribution in [3.8, 4) is 0 Å². The molecule has 0 saturated carbocycles. The summed E-state index contributed by atoms with van der Waals surface area (Å²) in [6.45, 7) is 6.60. The van der Waals surface area contributed by atoms with E-state index in [0.717, 1.165) is 5.56 Å². The number of amides is 1. The average molecular weight is 292 g/mol. The third-order valence-corrected chi connectivity index (χ3v) is 4.15. The molecule has 5 heteroatoms. The Balaban J connectivity index is 2.81. The molecule has 1 N–H and O–H groups in total. The number of nitrogens with zero attached hydrogens (tertiary/aromatic N) is 2. The van der Waals surface area contributed by atoms with Gasteiger partial charge in [0.1, 0.15) is 0 Å². The normalized spacial score (nSPS) is 11.2. The molecule has 0 atom stereocenters. The van der Waals surface area contributed by atoms with E-state index in [1.54, 1.807) is 17.3 Å². The van der Waals surface area contributed by atoms with Crippen molar-refractivity contribution in [2.75, 3.05) is 6.54 Å².